The molecule has 0 bridgehead atoms. The number of carbonyl (C=O) groups excluding carboxylic acids is 2. The van der Waals surface area contributed by atoms with Gasteiger partial charge in [0.1, 0.15) is 12.2 Å². The molecule has 0 saturated heterocycles. The van der Waals surface area contributed by atoms with Crippen LogP contribution in [-0.2, 0) is 4.79 Å². The first-order valence-corrected chi connectivity index (χ1v) is 7.52. The van der Waals surface area contributed by atoms with Crippen LogP contribution in [0.4, 0.5) is 5.69 Å². The van der Waals surface area contributed by atoms with Crippen LogP contribution in [0.2, 0.25) is 0 Å². The molecule has 7 nitrogen and oxygen atoms in total. The van der Waals surface area contributed by atoms with Crippen molar-refractivity contribution in [1.82, 2.24) is 10.3 Å². The van der Waals surface area contributed by atoms with Gasteiger partial charge in [-0.05, 0) is 36.4 Å². The quantitative estimate of drug-likeness (QED) is 0.572. The van der Waals surface area contributed by atoms with Gasteiger partial charge in [-0.2, -0.15) is 0 Å². The first-order chi connectivity index (χ1) is 12.0. The number of aromatic amines is 1. The molecule has 126 valence electrons. The van der Waals surface area contributed by atoms with Crippen molar-refractivity contribution in [1.29, 1.82) is 0 Å². The predicted molar refractivity (Wildman–Crippen MR) is 92.7 cm³/mol. The normalized spacial score (nSPS) is 10.4. The smallest absolute Gasteiger partial charge is 0.322 e. The van der Waals surface area contributed by atoms with E-state index in [0.717, 1.165) is 10.9 Å². The second-order valence-corrected chi connectivity index (χ2v) is 5.38. The van der Waals surface area contributed by atoms with Crippen LogP contribution in [0.3, 0.4) is 0 Å². The third-order valence-corrected chi connectivity index (χ3v) is 3.58. The third kappa shape index (κ3) is 3.84. The highest BCUT2D eigenvalue weighted by Gasteiger charge is 2.11. The predicted octanol–water partition coefficient (Wildman–Crippen LogP) is 2.23. The summed E-state index contributed by atoms with van der Waals surface area (Å²) in [4.78, 5) is 37.5. The molecule has 25 heavy (non-hydrogen) atoms. The van der Waals surface area contributed by atoms with Crippen molar-refractivity contribution < 1.29 is 19.5 Å². The summed E-state index contributed by atoms with van der Waals surface area (Å²) in [5.41, 5.74) is 2.14. The monoisotopic (exact) mass is 337 g/mol. The molecule has 3 aromatic rings. The molecule has 1 heterocycles. The van der Waals surface area contributed by atoms with E-state index in [9.17, 15) is 14.4 Å². The Morgan fingerprint density at radius 3 is 2.36 bits per heavy atom. The number of H-pyrrole nitrogens is 1. The molecule has 4 N–H and O–H groups in total. The van der Waals surface area contributed by atoms with Crippen molar-refractivity contribution in [3.05, 3.63) is 65.9 Å². The summed E-state index contributed by atoms with van der Waals surface area (Å²) in [6.07, 6.45) is 0. The number of carbonyl (C=O) groups is 3. The van der Waals surface area contributed by atoms with E-state index in [0.29, 0.717) is 16.9 Å². The molecule has 0 atom stereocenters. The van der Waals surface area contributed by atoms with Gasteiger partial charge in [0.2, 0.25) is 0 Å². The minimum Gasteiger partial charge on any atom is -0.480 e. The molecule has 0 aliphatic heterocycles. The lowest BCUT2D eigenvalue weighted by atomic mass is 10.2. The fourth-order valence-corrected chi connectivity index (χ4v) is 2.36. The minimum absolute atomic E-state index is 0.292. The van der Waals surface area contributed by atoms with E-state index in [2.05, 4.69) is 15.6 Å². The van der Waals surface area contributed by atoms with Gasteiger partial charge in [-0.25, -0.2) is 0 Å². The van der Waals surface area contributed by atoms with E-state index in [1.165, 1.54) is 12.1 Å². The van der Waals surface area contributed by atoms with Crippen molar-refractivity contribution in [3.63, 3.8) is 0 Å². The number of anilines is 1. The molecule has 0 aliphatic carbocycles. The standard InChI is InChI=1S/C18H15N3O4/c22-16(23)10-19-17(24)11-5-7-13(8-6-11)20-18(25)15-9-12-3-1-2-4-14(12)21-15/h1-9,21H,10H2,(H,19,24)(H,20,25)(H,22,23). The Kier molecular flexibility index (Phi) is 4.47. The lowest BCUT2D eigenvalue weighted by Crippen LogP contribution is -2.29. The van der Waals surface area contributed by atoms with Gasteiger partial charge in [0.15, 0.2) is 0 Å². The number of carboxylic acids is 1. The van der Waals surface area contributed by atoms with Crippen LogP contribution in [0, 0.1) is 0 Å². The summed E-state index contributed by atoms with van der Waals surface area (Å²) >= 11 is 0. The number of aromatic nitrogens is 1. The average Bonchev–Trinajstić information content (AvgIpc) is 3.04. The first kappa shape index (κ1) is 16.3. The molecular weight excluding hydrogens is 322 g/mol. The second-order valence-electron chi connectivity index (χ2n) is 5.38. The highest BCUT2D eigenvalue weighted by Crippen LogP contribution is 2.16. The van der Waals surface area contributed by atoms with Crippen LogP contribution < -0.4 is 10.6 Å². The zero-order chi connectivity index (χ0) is 17.8. The van der Waals surface area contributed by atoms with Crippen LogP contribution in [0.5, 0.6) is 0 Å². The molecule has 0 unspecified atom stereocenters. The van der Waals surface area contributed by atoms with Gasteiger partial charge in [0, 0.05) is 22.2 Å². The van der Waals surface area contributed by atoms with Gasteiger partial charge in [-0.1, -0.05) is 18.2 Å². The second kappa shape index (κ2) is 6.88. The summed E-state index contributed by atoms with van der Waals surface area (Å²) in [6.45, 7) is -0.447. The molecular formula is C18H15N3O4. The molecule has 1 aromatic heterocycles. The maximum Gasteiger partial charge on any atom is 0.322 e. The Labute approximate surface area is 142 Å². The number of hydrogen-bond donors (Lipinski definition) is 4. The summed E-state index contributed by atoms with van der Waals surface area (Å²) < 4.78 is 0. The van der Waals surface area contributed by atoms with E-state index in [4.69, 9.17) is 5.11 Å². The Morgan fingerprint density at radius 1 is 0.960 bits per heavy atom. The van der Waals surface area contributed by atoms with Crippen molar-refractivity contribution in [2.75, 3.05) is 11.9 Å². The number of carboxylic acid groups (broad SMARTS) is 1. The van der Waals surface area contributed by atoms with Crippen LogP contribution in [-0.4, -0.2) is 34.4 Å². The van der Waals surface area contributed by atoms with Gasteiger partial charge in [0.05, 0.1) is 0 Å². The topological polar surface area (TPSA) is 111 Å². The highest BCUT2D eigenvalue weighted by molar-refractivity contribution is 6.06. The van der Waals surface area contributed by atoms with Crippen LogP contribution in [0.1, 0.15) is 20.8 Å². The zero-order valence-corrected chi connectivity index (χ0v) is 13.1. The Bertz CT molecular complexity index is 911. The largest absolute Gasteiger partial charge is 0.480 e. The SMILES string of the molecule is O=C(O)CNC(=O)c1ccc(NC(=O)c2cc3ccccc3[nH]2)cc1. The van der Waals surface area contributed by atoms with Crippen LogP contribution >= 0.6 is 0 Å². The fraction of sp³-hybridized carbons (Fsp3) is 0.0556. The molecule has 0 fully saturated rings. The lowest BCUT2D eigenvalue weighted by molar-refractivity contribution is -0.135. The number of aliphatic carboxylic acids is 1. The van der Waals surface area contributed by atoms with Crippen LogP contribution in [0.25, 0.3) is 10.9 Å². The van der Waals surface area contributed by atoms with Crippen molar-refractivity contribution >= 4 is 34.4 Å². The average molecular weight is 337 g/mol. The number of hydrogen-bond acceptors (Lipinski definition) is 3. The summed E-state index contributed by atoms with van der Waals surface area (Å²) in [7, 11) is 0. The summed E-state index contributed by atoms with van der Waals surface area (Å²) in [5.74, 6) is -1.90. The minimum atomic E-state index is -1.12. The van der Waals surface area contributed by atoms with E-state index in [1.807, 2.05) is 24.3 Å². The summed E-state index contributed by atoms with van der Waals surface area (Å²) in [6, 6.07) is 15.5. The first-order valence-electron chi connectivity index (χ1n) is 7.52. The van der Waals surface area contributed by atoms with E-state index < -0.39 is 18.4 Å². The van der Waals surface area contributed by atoms with Gasteiger partial charge >= 0.3 is 5.97 Å². The summed E-state index contributed by atoms with van der Waals surface area (Å²) in [5, 5.41) is 14.5. The maximum absolute atomic E-state index is 12.3. The molecule has 0 radical (unpaired) electrons. The van der Waals surface area contributed by atoms with Gasteiger partial charge in [-0.3, -0.25) is 14.4 Å². The molecule has 3 rings (SSSR count). The fourth-order valence-electron chi connectivity index (χ4n) is 2.36. The molecule has 7 heteroatoms. The molecule has 0 spiro atoms. The zero-order valence-electron chi connectivity index (χ0n) is 13.1. The number of amides is 2. The highest BCUT2D eigenvalue weighted by atomic mass is 16.4. The third-order valence-electron chi connectivity index (χ3n) is 3.58. The number of para-hydroxylation sites is 1. The number of fused-ring (bicyclic) bond motifs is 1. The van der Waals surface area contributed by atoms with Gasteiger partial charge in [0.25, 0.3) is 11.8 Å². The Morgan fingerprint density at radius 2 is 1.68 bits per heavy atom. The van der Waals surface area contributed by atoms with Crippen molar-refractivity contribution in [2.24, 2.45) is 0 Å². The molecule has 2 aromatic carbocycles. The number of benzene rings is 2. The van der Waals surface area contributed by atoms with E-state index in [1.54, 1.807) is 18.2 Å². The number of rotatable bonds is 5. The van der Waals surface area contributed by atoms with E-state index >= 15 is 0 Å². The molecule has 0 aliphatic rings. The van der Waals surface area contributed by atoms with Gasteiger partial charge in [-0.15, -0.1) is 0 Å². The Balaban J connectivity index is 1.67. The Hall–Kier alpha value is -3.61. The van der Waals surface area contributed by atoms with Crippen molar-refractivity contribution in [2.45, 2.75) is 0 Å². The molecule has 0 saturated carbocycles. The molecule has 2 amide bonds. The maximum atomic E-state index is 12.3. The lowest BCUT2D eigenvalue weighted by Gasteiger charge is -2.06. The number of nitrogens with one attached hydrogen (secondary N) is 3. The van der Waals surface area contributed by atoms with Crippen molar-refractivity contribution in [3.8, 4) is 0 Å². The van der Waals surface area contributed by atoms with Crippen LogP contribution in [0.15, 0.2) is 54.6 Å². The van der Waals surface area contributed by atoms with E-state index in [-0.39, 0.29) is 5.91 Å². The van der Waals surface area contributed by atoms with Gasteiger partial charge < -0.3 is 20.7 Å².